The van der Waals surface area contributed by atoms with Crippen molar-refractivity contribution in [1.82, 2.24) is 0 Å². The Balaban J connectivity index is 2.20. The molecule has 21 heavy (non-hydrogen) atoms. The first-order valence-electron chi connectivity index (χ1n) is 6.05. The van der Waals surface area contributed by atoms with E-state index in [-0.39, 0.29) is 18.6 Å². The third-order valence-electron chi connectivity index (χ3n) is 3.02. The molecule has 1 aromatic carbocycles. The summed E-state index contributed by atoms with van der Waals surface area (Å²) in [7, 11) is -4.41. The van der Waals surface area contributed by atoms with Crippen LogP contribution in [0.4, 0.5) is 8.78 Å². The quantitative estimate of drug-likeness (QED) is 0.828. The van der Waals surface area contributed by atoms with E-state index in [4.69, 9.17) is 14.6 Å². The van der Waals surface area contributed by atoms with Gasteiger partial charge in [0, 0.05) is 18.6 Å². The van der Waals surface area contributed by atoms with Crippen molar-refractivity contribution in [2.75, 3.05) is 19.8 Å². The van der Waals surface area contributed by atoms with Gasteiger partial charge in [0.2, 0.25) is 10.0 Å². The van der Waals surface area contributed by atoms with E-state index in [1.807, 2.05) is 0 Å². The van der Waals surface area contributed by atoms with E-state index < -0.39 is 38.1 Å². The predicted octanol–water partition coefficient (Wildman–Crippen LogP) is 0.806. The van der Waals surface area contributed by atoms with Crippen LogP contribution in [0.15, 0.2) is 17.0 Å². The Morgan fingerprint density at radius 3 is 2.67 bits per heavy atom. The number of nitrogens with two attached hydrogens (primary N) is 1. The van der Waals surface area contributed by atoms with Crippen LogP contribution in [0.1, 0.15) is 16.8 Å². The van der Waals surface area contributed by atoms with Gasteiger partial charge < -0.3 is 9.47 Å². The summed E-state index contributed by atoms with van der Waals surface area (Å²) in [6.45, 7) is 1.00. The van der Waals surface area contributed by atoms with Gasteiger partial charge in [-0.2, -0.15) is 0 Å². The Bertz CT molecular complexity index is 656. The molecule has 2 N–H and O–H groups in total. The summed E-state index contributed by atoms with van der Waals surface area (Å²) in [6, 6.07) is 0.822. The lowest BCUT2D eigenvalue weighted by Crippen LogP contribution is -2.18. The molecule has 1 heterocycles. The molecule has 2 rings (SSSR count). The molecule has 1 saturated heterocycles. The van der Waals surface area contributed by atoms with E-state index in [0.29, 0.717) is 25.7 Å². The maximum atomic E-state index is 13.6. The van der Waals surface area contributed by atoms with Gasteiger partial charge in [-0.25, -0.2) is 27.1 Å². The van der Waals surface area contributed by atoms with E-state index in [0.717, 1.165) is 0 Å². The SMILES string of the molecule is NS(=O)(=O)c1cc(C(=O)OCC2CCOC2)c(F)cc1F. The van der Waals surface area contributed by atoms with Gasteiger partial charge in [0.15, 0.2) is 0 Å². The number of halogens is 2. The average molecular weight is 321 g/mol. The Morgan fingerprint density at radius 1 is 1.38 bits per heavy atom. The van der Waals surface area contributed by atoms with Crippen molar-refractivity contribution in [3.8, 4) is 0 Å². The second kappa shape index (κ2) is 6.04. The van der Waals surface area contributed by atoms with Gasteiger partial charge in [0.05, 0.1) is 18.8 Å². The summed E-state index contributed by atoms with van der Waals surface area (Å²) in [5.41, 5.74) is -0.681. The first-order valence-corrected chi connectivity index (χ1v) is 7.60. The summed E-state index contributed by atoms with van der Waals surface area (Å²) >= 11 is 0. The minimum atomic E-state index is -4.41. The molecule has 6 nitrogen and oxygen atoms in total. The number of hydrogen-bond donors (Lipinski definition) is 1. The number of benzene rings is 1. The molecule has 9 heteroatoms. The van der Waals surface area contributed by atoms with E-state index in [1.165, 1.54) is 0 Å². The van der Waals surface area contributed by atoms with E-state index >= 15 is 0 Å². The van der Waals surface area contributed by atoms with Crippen molar-refractivity contribution in [2.45, 2.75) is 11.3 Å². The topological polar surface area (TPSA) is 95.7 Å². The van der Waals surface area contributed by atoms with Crippen molar-refractivity contribution >= 4 is 16.0 Å². The van der Waals surface area contributed by atoms with Crippen molar-refractivity contribution < 1.29 is 31.5 Å². The number of primary sulfonamides is 1. The highest BCUT2D eigenvalue weighted by molar-refractivity contribution is 7.89. The fraction of sp³-hybridized carbons (Fsp3) is 0.417. The molecule has 1 aromatic rings. The van der Waals surface area contributed by atoms with Crippen molar-refractivity contribution in [1.29, 1.82) is 0 Å². The van der Waals surface area contributed by atoms with E-state index in [1.54, 1.807) is 0 Å². The molecule has 1 aliphatic heterocycles. The summed E-state index contributed by atoms with van der Waals surface area (Å²) in [5, 5.41) is 4.79. The Morgan fingerprint density at radius 2 is 2.10 bits per heavy atom. The van der Waals surface area contributed by atoms with Gasteiger partial charge in [-0.15, -0.1) is 0 Å². The average Bonchev–Trinajstić information content (AvgIpc) is 2.87. The van der Waals surface area contributed by atoms with Gasteiger partial charge in [-0.3, -0.25) is 0 Å². The number of hydrogen-bond acceptors (Lipinski definition) is 5. The highest BCUT2D eigenvalue weighted by atomic mass is 32.2. The first kappa shape index (κ1) is 15.8. The van der Waals surface area contributed by atoms with Crippen LogP contribution >= 0.6 is 0 Å². The zero-order chi connectivity index (χ0) is 15.6. The van der Waals surface area contributed by atoms with Gasteiger partial charge >= 0.3 is 5.97 Å². The van der Waals surface area contributed by atoms with Crippen molar-refractivity contribution in [3.63, 3.8) is 0 Å². The maximum Gasteiger partial charge on any atom is 0.341 e. The number of sulfonamides is 1. The zero-order valence-corrected chi connectivity index (χ0v) is 11.7. The molecule has 1 atom stereocenters. The van der Waals surface area contributed by atoms with Gasteiger partial charge in [0.1, 0.15) is 16.5 Å². The third-order valence-corrected chi connectivity index (χ3v) is 3.95. The molecule has 1 fully saturated rings. The Kier molecular flexibility index (Phi) is 4.55. The van der Waals surface area contributed by atoms with Gasteiger partial charge in [-0.05, 0) is 12.5 Å². The number of rotatable bonds is 4. The largest absolute Gasteiger partial charge is 0.462 e. The molecule has 0 amide bonds. The highest BCUT2D eigenvalue weighted by Gasteiger charge is 2.24. The van der Waals surface area contributed by atoms with Crippen LogP contribution in [0.2, 0.25) is 0 Å². The minimum absolute atomic E-state index is 0.00942. The summed E-state index contributed by atoms with van der Waals surface area (Å²) in [5.74, 6) is -3.65. The monoisotopic (exact) mass is 321 g/mol. The summed E-state index contributed by atoms with van der Waals surface area (Å²) in [4.78, 5) is 10.8. The lowest BCUT2D eigenvalue weighted by Gasteiger charge is -2.10. The molecule has 0 bridgehead atoms. The molecule has 0 saturated carbocycles. The van der Waals surface area contributed by atoms with E-state index in [9.17, 15) is 22.0 Å². The summed E-state index contributed by atoms with van der Waals surface area (Å²) in [6.07, 6.45) is 0.710. The minimum Gasteiger partial charge on any atom is -0.462 e. The second-order valence-electron chi connectivity index (χ2n) is 4.64. The van der Waals surface area contributed by atoms with Crippen LogP contribution in [0.5, 0.6) is 0 Å². The molecule has 1 aliphatic rings. The molecular weight excluding hydrogens is 308 g/mol. The van der Waals surface area contributed by atoms with Crippen LogP contribution < -0.4 is 5.14 Å². The van der Waals surface area contributed by atoms with E-state index in [2.05, 4.69) is 0 Å². The predicted molar refractivity (Wildman–Crippen MR) is 66.9 cm³/mol. The van der Waals surface area contributed by atoms with Crippen LogP contribution in [0.3, 0.4) is 0 Å². The Labute approximate surface area is 119 Å². The lowest BCUT2D eigenvalue weighted by molar-refractivity contribution is 0.0422. The normalized spacial score (nSPS) is 18.7. The summed E-state index contributed by atoms with van der Waals surface area (Å²) < 4.78 is 59.2. The highest BCUT2D eigenvalue weighted by Crippen LogP contribution is 2.20. The van der Waals surface area contributed by atoms with Crippen LogP contribution in [0.25, 0.3) is 0 Å². The van der Waals surface area contributed by atoms with Crippen molar-refractivity contribution in [2.24, 2.45) is 11.1 Å². The number of carbonyl (C=O) groups excluding carboxylic acids is 1. The number of ether oxygens (including phenoxy) is 2. The molecule has 0 aromatic heterocycles. The number of esters is 1. The Hall–Kier alpha value is -1.58. The number of carbonyl (C=O) groups is 1. The van der Waals surface area contributed by atoms with Crippen LogP contribution in [-0.2, 0) is 19.5 Å². The van der Waals surface area contributed by atoms with Gasteiger partial charge in [0.25, 0.3) is 0 Å². The standard InChI is InChI=1S/C12H13F2NO5S/c13-9-4-10(14)11(21(15,17)18)3-8(9)12(16)20-6-7-1-2-19-5-7/h3-4,7H,1-2,5-6H2,(H2,15,17,18). The first-order chi connectivity index (χ1) is 9.79. The zero-order valence-electron chi connectivity index (χ0n) is 10.8. The molecule has 0 radical (unpaired) electrons. The van der Waals surface area contributed by atoms with Crippen molar-refractivity contribution in [3.05, 3.63) is 29.3 Å². The molecule has 116 valence electrons. The smallest absolute Gasteiger partial charge is 0.341 e. The molecule has 0 aliphatic carbocycles. The molecular formula is C12H13F2NO5S. The van der Waals surface area contributed by atoms with Crippen LogP contribution in [0, 0.1) is 17.6 Å². The lowest BCUT2D eigenvalue weighted by atomic mass is 10.1. The fourth-order valence-electron chi connectivity index (χ4n) is 1.89. The second-order valence-corrected chi connectivity index (χ2v) is 6.17. The molecule has 0 spiro atoms. The molecule has 1 unspecified atom stereocenters. The van der Waals surface area contributed by atoms with Gasteiger partial charge in [-0.1, -0.05) is 0 Å². The third kappa shape index (κ3) is 3.74. The fourth-order valence-corrected chi connectivity index (χ4v) is 2.50. The van der Waals surface area contributed by atoms with Crippen LogP contribution in [-0.4, -0.2) is 34.2 Å². The maximum absolute atomic E-state index is 13.6.